The molecule has 4 rings (SSSR count). The predicted octanol–water partition coefficient (Wildman–Crippen LogP) is 3.40. The molecule has 27 heavy (non-hydrogen) atoms. The Balaban J connectivity index is 1.62. The predicted molar refractivity (Wildman–Crippen MR) is 95.1 cm³/mol. The molecule has 1 atom stereocenters. The van der Waals surface area contributed by atoms with Gasteiger partial charge >= 0.3 is 0 Å². The second kappa shape index (κ2) is 7.09. The molecule has 0 aromatic heterocycles. The summed E-state index contributed by atoms with van der Waals surface area (Å²) in [6.07, 6.45) is 1.32. The van der Waals surface area contributed by atoms with Crippen molar-refractivity contribution < 1.29 is 26.7 Å². The first-order valence-corrected chi connectivity index (χ1v) is 10.4. The maximum atomic E-state index is 13.9. The van der Waals surface area contributed by atoms with Crippen molar-refractivity contribution in [3.63, 3.8) is 0 Å². The van der Waals surface area contributed by atoms with Gasteiger partial charge in [-0.25, -0.2) is 17.2 Å². The molecule has 0 aliphatic carbocycles. The lowest BCUT2D eigenvalue weighted by molar-refractivity contribution is 0.171. The van der Waals surface area contributed by atoms with Gasteiger partial charge in [0.2, 0.25) is 10.0 Å². The second-order valence-corrected chi connectivity index (χ2v) is 8.55. The van der Waals surface area contributed by atoms with Crippen molar-refractivity contribution in [2.45, 2.75) is 24.6 Å². The van der Waals surface area contributed by atoms with Gasteiger partial charge in [-0.3, -0.25) is 0 Å². The first-order chi connectivity index (χ1) is 13.0. The van der Waals surface area contributed by atoms with Gasteiger partial charge in [0.15, 0.2) is 11.5 Å². The minimum Gasteiger partial charge on any atom is -0.486 e. The van der Waals surface area contributed by atoms with Gasteiger partial charge < -0.3 is 9.47 Å². The average Bonchev–Trinajstić information content (AvgIpc) is 3.15. The van der Waals surface area contributed by atoms with Crippen molar-refractivity contribution in [2.24, 2.45) is 0 Å². The van der Waals surface area contributed by atoms with E-state index in [1.54, 1.807) is 12.1 Å². The first-order valence-electron chi connectivity index (χ1n) is 8.78. The van der Waals surface area contributed by atoms with Crippen LogP contribution in [0.25, 0.3) is 0 Å². The van der Waals surface area contributed by atoms with Crippen molar-refractivity contribution in [3.8, 4) is 11.5 Å². The molecule has 2 aromatic rings. The molecule has 1 unspecified atom stereocenters. The SMILES string of the molecule is O=S(=O)(Cc1c(F)cccc1F)N1CCCC1c1ccc2c(c1)OCCO2. The van der Waals surface area contributed by atoms with E-state index in [9.17, 15) is 17.2 Å². The third-order valence-corrected chi connectivity index (χ3v) is 6.71. The smallest absolute Gasteiger partial charge is 0.219 e. The van der Waals surface area contributed by atoms with Crippen LogP contribution in [0, 0.1) is 11.6 Å². The molecular formula is C19H19F2NO4S. The van der Waals surface area contributed by atoms with Gasteiger partial charge in [-0.05, 0) is 42.7 Å². The Hall–Kier alpha value is -2.19. The topological polar surface area (TPSA) is 55.8 Å². The highest BCUT2D eigenvalue weighted by Gasteiger charge is 2.36. The lowest BCUT2D eigenvalue weighted by atomic mass is 10.0. The van der Waals surface area contributed by atoms with Crippen molar-refractivity contribution in [1.29, 1.82) is 0 Å². The zero-order valence-electron chi connectivity index (χ0n) is 14.5. The number of hydrogen-bond donors (Lipinski definition) is 0. The molecule has 8 heteroatoms. The Bertz CT molecular complexity index is 944. The van der Waals surface area contributed by atoms with E-state index in [0.717, 1.165) is 17.7 Å². The number of hydrogen-bond acceptors (Lipinski definition) is 4. The third-order valence-electron chi connectivity index (χ3n) is 4.90. The fraction of sp³-hybridized carbons (Fsp3) is 0.368. The van der Waals surface area contributed by atoms with Crippen LogP contribution >= 0.6 is 0 Å². The Kier molecular flexibility index (Phi) is 4.77. The van der Waals surface area contributed by atoms with Gasteiger partial charge in [-0.2, -0.15) is 4.31 Å². The highest BCUT2D eigenvalue weighted by Crippen LogP contribution is 2.40. The molecule has 144 valence electrons. The van der Waals surface area contributed by atoms with E-state index in [1.807, 2.05) is 6.07 Å². The van der Waals surface area contributed by atoms with Crippen molar-refractivity contribution in [2.75, 3.05) is 19.8 Å². The maximum Gasteiger partial charge on any atom is 0.219 e. The highest BCUT2D eigenvalue weighted by atomic mass is 32.2. The van der Waals surface area contributed by atoms with Crippen LogP contribution in [-0.4, -0.2) is 32.5 Å². The summed E-state index contributed by atoms with van der Waals surface area (Å²) in [6, 6.07) is 8.33. The van der Waals surface area contributed by atoms with Crippen LogP contribution < -0.4 is 9.47 Å². The third kappa shape index (κ3) is 3.51. The lowest BCUT2D eigenvalue weighted by Gasteiger charge is -2.26. The van der Waals surface area contributed by atoms with Gasteiger partial charge in [-0.15, -0.1) is 0 Å². The summed E-state index contributed by atoms with van der Waals surface area (Å²) >= 11 is 0. The van der Waals surface area contributed by atoms with Crippen LogP contribution in [0.4, 0.5) is 8.78 Å². The minimum absolute atomic E-state index is 0.317. The zero-order chi connectivity index (χ0) is 19.0. The normalized spacial score (nSPS) is 20.0. The van der Waals surface area contributed by atoms with Crippen LogP contribution in [0.1, 0.15) is 30.0 Å². The van der Waals surface area contributed by atoms with E-state index < -0.39 is 33.0 Å². The largest absolute Gasteiger partial charge is 0.486 e. The number of benzene rings is 2. The Morgan fingerprint density at radius 3 is 2.48 bits per heavy atom. The molecule has 2 heterocycles. The van der Waals surface area contributed by atoms with Crippen LogP contribution in [-0.2, 0) is 15.8 Å². The minimum atomic E-state index is -3.90. The van der Waals surface area contributed by atoms with Crippen LogP contribution in [0.3, 0.4) is 0 Å². The van der Waals surface area contributed by atoms with E-state index in [2.05, 4.69) is 0 Å². The molecule has 0 N–H and O–H groups in total. The van der Waals surface area contributed by atoms with Gasteiger partial charge in [0.25, 0.3) is 0 Å². The van der Waals surface area contributed by atoms with Gasteiger partial charge in [0.1, 0.15) is 24.8 Å². The zero-order valence-corrected chi connectivity index (χ0v) is 15.3. The van der Waals surface area contributed by atoms with Gasteiger partial charge in [0.05, 0.1) is 5.75 Å². The molecule has 0 spiro atoms. The molecule has 1 saturated heterocycles. The summed E-state index contributed by atoms with van der Waals surface area (Å²) in [6.45, 7) is 1.23. The molecule has 0 bridgehead atoms. The van der Waals surface area contributed by atoms with E-state index in [4.69, 9.17) is 9.47 Å². The summed E-state index contributed by atoms with van der Waals surface area (Å²) in [4.78, 5) is 0. The standard InChI is InChI=1S/C19H19F2NO4S/c20-15-3-1-4-16(21)14(15)12-27(23,24)22-8-2-5-17(22)13-6-7-18-19(11-13)26-10-9-25-18/h1,3-4,6-7,11,17H,2,5,8-10,12H2. The van der Waals surface area contributed by atoms with Crippen LogP contribution in [0.2, 0.25) is 0 Å². The molecular weight excluding hydrogens is 376 g/mol. The molecule has 5 nitrogen and oxygen atoms in total. The molecule has 2 aliphatic heterocycles. The summed E-state index contributed by atoms with van der Waals surface area (Å²) in [5, 5.41) is 0. The summed E-state index contributed by atoms with van der Waals surface area (Å²) in [5.41, 5.74) is 0.361. The number of rotatable bonds is 4. The summed E-state index contributed by atoms with van der Waals surface area (Å²) in [7, 11) is -3.90. The first kappa shape index (κ1) is 18.2. The fourth-order valence-electron chi connectivity index (χ4n) is 3.61. The van der Waals surface area contributed by atoms with Crippen LogP contribution in [0.15, 0.2) is 36.4 Å². The molecule has 0 radical (unpaired) electrons. The number of ether oxygens (including phenoxy) is 2. The fourth-order valence-corrected chi connectivity index (χ4v) is 5.44. The number of fused-ring (bicyclic) bond motifs is 1. The quantitative estimate of drug-likeness (QED) is 0.796. The lowest BCUT2D eigenvalue weighted by Crippen LogP contribution is -2.32. The number of sulfonamides is 1. The molecule has 2 aliphatic rings. The van der Waals surface area contributed by atoms with E-state index in [-0.39, 0.29) is 6.04 Å². The van der Waals surface area contributed by atoms with Crippen molar-refractivity contribution in [1.82, 2.24) is 4.31 Å². The number of nitrogens with zero attached hydrogens (tertiary/aromatic N) is 1. The Morgan fingerprint density at radius 2 is 1.74 bits per heavy atom. The maximum absolute atomic E-state index is 13.9. The average molecular weight is 395 g/mol. The van der Waals surface area contributed by atoms with Crippen molar-refractivity contribution >= 4 is 10.0 Å². The van der Waals surface area contributed by atoms with E-state index >= 15 is 0 Å². The van der Waals surface area contributed by atoms with E-state index in [1.165, 1.54) is 10.4 Å². The Labute approximate surface area is 156 Å². The molecule has 1 fully saturated rings. The molecule has 0 amide bonds. The van der Waals surface area contributed by atoms with Gasteiger partial charge in [0, 0.05) is 18.2 Å². The van der Waals surface area contributed by atoms with Crippen LogP contribution in [0.5, 0.6) is 11.5 Å². The van der Waals surface area contributed by atoms with E-state index in [0.29, 0.717) is 44.1 Å². The summed E-state index contributed by atoms with van der Waals surface area (Å²) in [5.74, 6) is -1.19. The number of halogens is 2. The highest BCUT2D eigenvalue weighted by molar-refractivity contribution is 7.88. The van der Waals surface area contributed by atoms with Gasteiger partial charge in [-0.1, -0.05) is 12.1 Å². The molecule has 2 aromatic carbocycles. The van der Waals surface area contributed by atoms with Crippen molar-refractivity contribution in [3.05, 3.63) is 59.2 Å². The monoisotopic (exact) mass is 395 g/mol. The Morgan fingerprint density at radius 1 is 1.04 bits per heavy atom. The summed E-state index contributed by atoms with van der Waals surface area (Å²) < 4.78 is 66.1. The second-order valence-electron chi connectivity index (χ2n) is 6.63. The molecule has 0 saturated carbocycles.